The number of likely N-dealkylation sites (N-methyl/N-ethyl adjacent to an activating group) is 1. The maximum Gasteiger partial charge on any atom is 0.150 e. The Morgan fingerprint density at radius 2 is 2.67 bits per heavy atom. The van der Waals surface area contributed by atoms with Gasteiger partial charge in [-0.15, -0.1) is 11.3 Å². The molecule has 5 heteroatoms. The molecule has 1 aliphatic carbocycles. The SMILES string of the molecule is CNC1(CO)CCC(Sc2nccs2)C1. The molecule has 0 spiro atoms. The summed E-state index contributed by atoms with van der Waals surface area (Å²) in [6.45, 7) is 0.235. The van der Waals surface area contributed by atoms with Gasteiger partial charge in [0.1, 0.15) is 4.34 Å². The van der Waals surface area contributed by atoms with E-state index < -0.39 is 0 Å². The minimum Gasteiger partial charge on any atom is -0.394 e. The van der Waals surface area contributed by atoms with Crippen LogP contribution in [0.25, 0.3) is 0 Å². The molecule has 84 valence electrons. The van der Waals surface area contributed by atoms with E-state index in [1.165, 1.54) is 0 Å². The van der Waals surface area contributed by atoms with E-state index in [1.54, 1.807) is 11.3 Å². The van der Waals surface area contributed by atoms with Crippen LogP contribution in [0.1, 0.15) is 19.3 Å². The van der Waals surface area contributed by atoms with Crippen molar-refractivity contribution in [3.05, 3.63) is 11.6 Å². The largest absolute Gasteiger partial charge is 0.394 e. The van der Waals surface area contributed by atoms with Gasteiger partial charge in [0.15, 0.2) is 0 Å². The second-order valence-electron chi connectivity index (χ2n) is 3.97. The van der Waals surface area contributed by atoms with Crippen molar-refractivity contribution < 1.29 is 5.11 Å². The van der Waals surface area contributed by atoms with E-state index in [4.69, 9.17) is 0 Å². The molecule has 1 heterocycles. The standard InChI is InChI=1S/C10H16N2OS2/c1-11-10(7-13)3-2-8(6-10)15-9-12-4-5-14-9/h4-5,8,11,13H,2-3,6-7H2,1H3. The highest BCUT2D eigenvalue weighted by Crippen LogP contribution is 2.40. The van der Waals surface area contributed by atoms with E-state index in [1.807, 2.05) is 30.4 Å². The lowest BCUT2D eigenvalue weighted by Crippen LogP contribution is -2.44. The number of nitrogens with one attached hydrogen (secondary N) is 1. The van der Waals surface area contributed by atoms with Gasteiger partial charge in [-0.25, -0.2) is 4.98 Å². The van der Waals surface area contributed by atoms with E-state index in [9.17, 15) is 5.11 Å². The Bertz CT molecular complexity index is 298. The van der Waals surface area contributed by atoms with Crippen molar-refractivity contribution in [1.82, 2.24) is 10.3 Å². The van der Waals surface area contributed by atoms with Crippen molar-refractivity contribution in [3.8, 4) is 0 Å². The molecule has 1 aliphatic rings. The van der Waals surface area contributed by atoms with Crippen LogP contribution in [-0.4, -0.2) is 34.5 Å². The molecule has 1 aromatic heterocycles. The molecule has 0 saturated heterocycles. The maximum atomic E-state index is 9.38. The summed E-state index contributed by atoms with van der Waals surface area (Å²) in [5.74, 6) is 0. The van der Waals surface area contributed by atoms with Crippen LogP contribution in [0, 0.1) is 0 Å². The van der Waals surface area contributed by atoms with Crippen LogP contribution in [-0.2, 0) is 0 Å². The average Bonchev–Trinajstić information content (AvgIpc) is 2.89. The van der Waals surface area contributed by atoms with Crippen LogP contribution in [0.5, 0.6) is 0 Å². The first-order valence-corrected chi connectivity index (χ1v) is 6.90. The smallest absolute Gasteiger partial charge is 0.150 e. The Balaban J connectivity index is 1.92. The molecular formula is C10H16N2OS2. The Morgan fingerprint density at radius 1 is 1.80 bits per heavy atom. The lowest BCUT2D eigenvalue weighted by molar-refractivity contribution is 0.173. The third-order valence-electron chi connectivity index (χ3n) is 3.07. The zero-order valence-electron chi connectivity index (χ0n) is 8.77. The van der Waals surface area contributed by atoms with E-state index in [0.29, 0.717) is 5.25 Å². The molecular weight excluding hydrogens is 228 g/mol. The number of hydrogen-bond donors (Lipinski definition) is 2. The van der Waals surface area contributed by atoms with Crippen molar-refractivity contribution in [2.24, 2.45) is 0 Å². The highest BCUT2D eigenvalue weighted by Gasteiger charge is 2.37. The van der Waals surface area contributed by atoms with Gasteiger partial charge in [0.25, 0.3) is 0 Å². The van der Waals surface area contributed by atoms with Gasteiger partial charge >= 0.3 is 0 Å². The molecule has 0 aromatic carbocycles. The highest BCUT2D eigenvalue weighted by atomic mass is 32.2. The molecule has 1 aromatic rings. The molecule has 0 bridgehead atoms. The number of aromatic nitrogens is 1. The van der Waals surface area contributed by atoms with Crippen LogP contribution < -0.4 is 5.32 Å². The summed E-state index contributed by atoms with van der Waals surface area (Å²) >= 11 is 3.54. The number of aliphatic hydroxyl groups excluding tert-OH is 1. The number of nitrogens with zero attached hydrogens (tertiary/aromatic N) is 1. The molecule has 1 saturated carbocycles. The summed E-state index contributed by atoms with van der Waals surface area (Å²) in [5.41, 5.74) is -0.0467. The van der Waals surface area contributed by atoms with Crippen molar-refractivity contribution in [1.29, 1.82) is 0 Å². The molecule has 2 N–H and O–H groups in total. The fraction of sp³-hybridized carbons (Fsp3) is 0.700. The average molecular weight is 244 g/mol. The molecule has 0 amide bonds. The zero-order chi connectivity index (χ0) is 10.7. The summed E-state index contributed by atoms with van der Waals surface area (Å²) in [7, 11) is 1.94. The van der Waals surface area contributed by atoms with E-state index >= 15 is 0 Å². The van der Waals surface area contributed by atoms with Gasteiger partial charge in [-0.2, -0.15) is 0 Å². The highest BCUT2D eigenvalue weighted by molar-refractivity contribution is 8.01. The Hall–Kier alpha value is -0.100. The Morgan fingerprint density at radius 3 is 3.20 bits per heavy atom. The molecule has 3 nitrogen and oxygen atoms in total. The molecule has 2 atom stereocenters. The Labute approximate surface area is 98.3 Å². The van der Waals surface area contributed by atoms with Crippen molar-refractivity contribution >= 4 is 23.1 Å². The van der Waals surface area contributed by atoms with Crippen LogP contribution in [0.2, 0.25) is 0 Å². The second-order valence-corrected chi connectivity index (χ2v) is 6.41. The number of aliphatic hydroxyl groups is 1. The zero-order valence-corrected chi connectivity index (χ0v) is 10.4. The second kappa shape index (κ2) is 4.82. The van der Waals surface area contributed by atoms with Crippen molar-refractivity contribution in [2.75, 3.05) is 13.7 Å². The topological polar surface area (TPSA) is 45.1 Å². The van der Waals surface area contributed by atoms with Crippen LogP contribution in [0.4, 0.5) is 0 Å². The third-order valence-corrected chi connectivity index (χ3v) is 5.26. The number of thiazole rings is 1. The monoisotopic (exact) mass is 244 g/mol. The van der Waals surface area contributed by atoms with Gasteiger partial charge in [-0.05, 0) is 26.3 Å². The minimum atomic E-state index is -0.0467. The molecule has 2 unspecified atom stereocenters. The lowest BCUT2D eigenvalue weighted by atomic mass is 10.00. The van der Waals surface area contributed by atoms with E-state index in [-0.39, 0.29) is 12.1 Å². The molecule has 0 radical (unpaired) electrons. The summed E-state index contributed by atoms with van der Waals surface area (Å²) in [5, 5.41) is 15.2. The first-order chi connectivity index (χ1) is 7.28. The summed E-state index contributed by atoms with van der Waals surface area (Å²) in [6, 6.07) is 0. The summed E-state index contributed by atoms with van der Waals surface area (Å²) in [4.78, 5) is 4.28. The normalized spacial score (nSPS) is 30.9. The minimum absolute atomic E-state index is 0.0467. The predicted octanol–water partition coefficient (Wildman–Crippen LogP) is 1.74. The lowest BCUT2D eigenvalue weighted by Gasteiger charge is -2.26. The van der Waals surface area contributed by atoms with Gasteiger partial charge in [0.05, 0.1) is 6.61 Å². The van der Waals surface area contributed by atoms with Crippen molar-refractivity contribution in [2.45, 2.75) is 34.4 Å². The summed E-state index contributed by atoms with van der Waals surface area (Å²) in [6.07, 6.45) is 5.10. The van der Waals surface area contributed by atoms with Gasteiger partial charge in [0, 0.05) is 22.4 Å². The van der Waals surface area contributed by atoms with Gasteiger partial charge in [0.2, 0.25) is 0 Å². The summed E-state index contributed by atoms with van der Waals surface area (Å²) < 4.78 is 1.14. The molecule has 2 rings (SSSR count). The number of thioether (sulfide) groups is 1. The Kier molecular flexibility index (Phi) is 3.66. The van der Waals surface area contributed by atoms with Crippen molar-refractivity contribution in [3.63, 3.8) is 0 Å². The van der Waals surface area contributed by atoms with E-state index in [0.717, 1.165) is 23.6 Å². The fourth-order valence-electron chi connectivity index (χ4n) is 2.04. The van der Waals surface area contributed by atoms with Crippen LogP contribution >= 0.6 is 23.1 Å². The first-order valence-electron chi connectivity index (χ1n) is 5.14. The van der Waals surface area contributed by atoms with Gasteiger partial charge in [-0.3, -0.25) is 0 Å². The van der Waals surface area contributed by atoms with Crippen LogP contribution in [0.15, 0.2) is 15.9 Å². The maximum absolute atomic E-state index is 9.38. The quantitative estimate of drug-likeness (QED) is 0.847. The molecule has 1 fully saturated rings. The molecule has 15 heavy (non-hydrogen) atoms. The van der Waals surface area contributed by atoms with Gasteiger partial charge in [-0.1, -0.05) is 11.8 Å². The van der Waals surface area contributed by atoms with Gasteiger partial charge < -0.3 is 10.4 Å². The van der Waals surface area contributed by atoms with Crippen LogP contribution in [0.3, 0.4) is 0 Å². The molecule has 0 aliphatic heterocycles. The number of rotatable bonds is 4. The number of hydrogen-bond acceptors (Lipinski definition) is 5. The predicted molar refractivity (Wildman–Crippen MR) is 64.5 cm³/mol. The van der Waals surface area contributed by atoms with E-state index in [2.05, 4.69) is 10.3 Å². The fourth-order valence-corrected chi connectivity index (χ4v) is 4.24. The third kappa shape index (κ3) is 2.53. The first kappa shape index (κ1) is 11.4.